The molecule has 2 aromatic rings. The molecule has 1 N–H and O–H groups in total. The Morgan fingerprint density at radius 2 is 1.86 bits per heavy atom. The topological polar surface area (TPSA) is 113 Å². The number of carbonyl (C=O) groups excluding carboxylic acids is 2. The predicted molar refractivity (Wildman–Crippen MR) is 106 cm³/mol. The Morgan fingerprint density at radius 3 is 2.43 bits per heavy atom. The van der Waals surface area contributed by atoms with E-state index in [4.69, 9.17) is 4.74 Å². The van der Waals surface area contributed by atoms with E-state index in [1.54, 1.807) is 26.0 Å². The number of rotatable bonds is 7. The number of hydrogen-bond acceptors (Lipinski definition) is 7. The molecule has 0 aliphatic rings. The van der Waals surface area contributed by atoms with Crippen LogP contribution in [0.1, 0.15) is 39.7 Å². The highest BCUT2D eigenvalue weighted by molar-refractivity contribution is 7.91. The number of ether oxygens (including phenoxy) is 1. The van der Waals surface area contributed by atoms with Crippen molar-refractivity contribution in [3.8, 4) is 6.07 Å². The van der Waals surface area contributed by atoms with Crippen molar-refractivity contribution in [2.45, 2.75) is 32.1 Å². The molecule has 0 bridgehead atoms. The molecule has 0 atom stereocenters. The highest BCUT2D eigenvalue weighted by Gasteiger charge is 2.23. The number of amides is 1. The molecule has 0 aliphatic heterocycles. The molecule has 0 unspecified atom stereocenters. The highest BCUT2D eigenvalue weighted by atomic mass is 32.2. The summed E-state index contributed by atoms with van der Waals surface area (Å²) in [5.41, 5.74) is 1.53. The molecule has 0 aliphatic carbocycles. The number of nitriles is 1. The first-order valence-corrected chi connectivity index (χ1v) is 11.0. The molecular weight excluding hydrogens is 400 g/mol. The fraction of sp³-hybridized carbons (Fsp3) is 0.316. The summed E-state index contributed by atoms with van der Waals surface area (Å²) in [6.07, 6.45) is -0.271. The Labute approximate surface area is 167 Å². The Balaban J connectivity index is 2.11. The summed E-state index contributed by atoms with van der Waals surface area (Å²) < 4.78 is 29.7. The van der Waals surface area contributed by atoms with Crippen LogP contribution in [0.2, 0.25) is 0 Å². The van der Waals surface area contributed by atoms with E-state index in [0.717, 1.165) is 16.9 Å². The molecule has 1 amide bonds. The molecule has 2 rings (SSSR count). The lowest BCUT2D eigenvalue weighted by molar-refractivity contribution is -0.115. The maximum atomic E-state index is 12.4. The predicted octanol–water partition coefficient (Wildman–Crippen LogP) is 3.22. The summed E-state index contributed by atoms with van der Waals surface area (Å²) in [7, 11) is -3.60. The van der Waals surface area contributed by atoms with Crippen LogP contribution in [0, 0.1) is 25.2 Å². The normalized spacial score (nSPS) is 10.9. The zero-order valence-electron chi connectivity index (χ0n) is 15.7. The van der Waals surface area contributed by atoms with Gasteiger partial charge < -0.3 is 10.1 Å². The molecule has 1 heterocycles. The molecule has 28 heavy (non-hydrogen) atoms. The van der Waals surface area contributed by atoms with Gasteiger partial charge in [-0.15, -0.1) is 11.3 Å². The number of esters is 1. The van der Waals surface area contributed by atoms with Crippen molar-refractivity contribution in [1.29, 1.82) is 5.26 Å². The minimum atomic E-state index is -3.60. The average molecular weight is 421 g/mol. The van der Waals surface area contributed by atoms with Gasteiger partial charge in [0, 0.05) is 6.42 Å². The number of aryl methyl sites for hydroxylation is 1. The van der Waals surface area contributed by atoms with Crippen LogP contribution in [0.4, 0.5) is 5.00 Å². The van der Waals surface area contributed by atoms with Gasteiger partial charge in [-0.2, -0.15) is 5.26 Å². The van der Waals surface area contributed by atoms with Crippen molar-refractivity contribution in [1.82, 2.24) is 0 Å². The summed E-state index contributed by atoms with van der Waals surface area (Å²) in [5, 5.41) is 12.1. The van der Waals surface area contributed by atoms with Crippen molar-refractivity contribution < 1.29 is 22.7 Å². The third kappa shape index (κ3) is 4.97. The van der Waals surface area contributed by atoms with E-state index in [1.807, 2.05) is 13.0 Å². The number of benzene rings is 1. The summed E-state index contributed by atoms with van der Waals surface area (Å²) in [4.78, 5) is 24.6. The summed E-state index contributed by atoms with van der Waals surface area (Å²) >= 11 is 0.940. The maximum Gasteiger partial charge on any atom is 0.348 e. The average Bonchev–Trinajstić information content (AvgIpc) is 2.96. The Morgan fingerprint density at radius 1 is 1.21 bits per heavy atom. The lowest BCUT2D eigenvalue weighted by Gasteiger charge is -2.06. The van der Waals surface area contributed by atoms with E-state index in [1.165, 1.54) is 12.1 Å². The summed E-state index contributed by atoms with van der Waals surface area (Å²) in [6.45, 7) is 5.31. The van der Waals surface area contributed by atoms with E-state index in [2.05, 4.69) is 5.32 Å². The molecular formula is C19H20N2O5S2. The van der Waals surface area contributed by atoms with E-state index >= 15 is 0 Å². The Hall–Kier alpha value is -2.70. The number of carbonyl (C=O) groups is 2. The number of thiophene rings is 1. The molecule has 0 saturated heterocycles. The lowest BCUT2D eigenvalue weighted by atomic mass is 10.2. The van der Waals surface area contributed by atoms with Crippen LogP contribution in [0.3, 0.4) is 0 Å². The van der Waals surface area contributed by atoms with E-state index in [-0.39, 0.29) is 39.1 Å². The van der Waals surface area contributed by atoms with Crippen LogP contribution in [-0.4, -0.2) is 32.7 Å². The molecule has 0 spiro atoms. The molecule has 1 aromatic carbocycles. The van der Waals surface area contributed by atoms with Crippen LogP contribution >= 0.6 is 11.3 Å². The lowest BCUT2D eigenvalue weighted by Crippen LogP contribution is -2.17. The van der Waals surface area contributed by atoms with Crippen molar-refractivity contribution in [3.05, 3.63) is 45.8 Å². The van der Waals surface area contributed by atoms with Gasteiger partial charge in [0.1, 0.15) is 15.9 Å². The first kappa shape index (κ1) is 21.6. The first-order valence-electron chi connectivity index (χ1n) is 8.49. The number of sulfone groups is 1. The van der Waals surface area contributed by atoms with Crippen LogP contribution in [0.5, 0.6) is 0 Å². The number of hydrogen-bond donors (Lipinski definition) is 1. The SMILES string of the molecule is CCOC(=O)c1sc(NC(=O)CCS(=O)(=O)c2ccc(C)cc2)c(C#N)c1C. The Kier molecular flexibility index (Phi) is 6.94. The highest BCUT2D eigenvalue weighted by Crippen LogP contribution is 2.33. The van der Waals surface area contributed by atoms with E-state index in [9.17, 15) is 23.3 Å². The first-order chi connectivity index (χ1) is 13.2. The van der Waals surface area contributed by atoms with Gasteiger partial charge in [-0.25, -0.2) is 13.2 Å². The van der Waals surface area contributed by atoms with Gasteiger partial charge in [-0.1, -0.05) is 17.7 Å². The van der Waals surface area contributed by atoms with Gasteiger partial charge in [-0.05, 0) is 38.5 Å². The largest absolute Gasteiger partial charge is 0.462 e. The van der Waals surface area contributed by atoms with Gasteiger partial charge in [0.2, 0.25) is 5.91 Å². The third-order valence-corrected chi connectivity index (χ3v) is 6.87. The van der Waals surface area contributed by atoms with Crippen molar-refractivity contribution in [2.24, 2.45) is 0 Å². The molecule has 0 saturated carbocycles. The zero-order valence-corrected chi connectivity index (χ0v) is 17.4. The van der Waals surface area contributed by atoms with Gasteiger partial charge in [0.05, 0.1) is 22.8 Å². The third-order valence-electron chi connectivity index (χ3n) is 3.95. The van der Waals surface area contributed by atoms with E-state index < -0.39 is 21.7 Å². The summed E-state index contributed by atoms with van der Waals surface area (Å²) in [6, 6.07) is 8.35. The maximum absolute atomic E-state index is 12.4. The van der Waals surface area contributed by atoms with Gasteiger partial charge in [0.15, 0.2) is 9.84 Å². The number of nitrogens with zero attached hydrogens (tertiary/aromatic N) is 1. The van der Waals surface area contributed by atoms with Crippen molar-refractivity contribution in [3.63, 3.8) is 0 Å². The number of anilines is 1. The molecule has 1 aromatic heterocycles. The van der Waals surface area contributed by atoms with Crippen LogP contribution in [0.25, 0.3) is 0 Å². The fourth-order valence-electron chi connectivity index (χ4n) is 2.41. The number of nitrogens with one attached hydrogen (secondary N) is 1. The summed E-state index contributed by atoms with van der Waals surface area (Å²) in [5.74, 6) is -1.48. The monoisotopic (exact) mass is 420 g/mol. The van der Waals surface area contributed by atoms with Crippen LogP contribution < -0.4 is 5.32 Å². The smallest absolute Gasteiger partial charge is 0.348 e. The Bertz CT molecular complexity index is 1030. The molecule has 7 nitrogen and oxygen atoms in total. The fourth-order valence-corrected chi connectivity index (χ4v) is 4.71. The molecule has 0 radical (unpaired) electrons. The zero-order chi connectivity index (χ0) is 20.9. The standard InChI is InChI=1S/C19H20N2O5S2/c1-4-26-19(23)17-13(3)15(11-20)18(27-17)21-16(22)9-10-28(24,25)14-7-5-12(2)6-8-14/h5-8H,4,9-10H2,1-3H3,(H,21,22). The second-order valence-corrected chi connectivity index (χ2v) is 9.15. The van der Waals surface area contributed by atoms with Crippen LogP contribution in [-0.2, 0) is 19.4 Å². The molecule has 0 fully saturated rings. The van der Waals surface area contributed by atoms with Gasteiger partial charge in [0.25, 0.3) is 0 Å². The van der Waals surface area contributed by atoms with Gasteiger partial charge >= 0.3 is 5.97 Å². The van der Waals surface area contributed by atoms with E-state index in [0.29, 0.717) is 5.56 Å². The quantitative estimate of drug-likeness (QED) is 0.688. The second-order valence-electron chi connectivity index (χ2n) is 6.02. The molecule has 148 valence electrons. The van der Waals surface area contributed by atoms with Gasteiger partial charge in [-0.3, -0.25) is 4.79 Å². The van der Waals surface area contributed by atoms with Crippen LogP contribution in [0.15, 0.2) is 29.2 Å². The minimum absolute atomic E-state index is 0.153. The second kappa shape index (κ2) is 8.99. The molecule has 9 heteroatoms. The van der Waals surface area contributed by atoms with Crippen molar-refractivity contribution in [2.75, 3.05) is 17.7 Å². The minimum Gasteiger partial charge on any atom is -0.462 e. The van der Waals surface area contributed by atoms with Crippen molar-refractivity contribution >= 4 is 38.1 Å².